The van der Waals surface area contributed by atoms with Crippen molar-refractivity contribution in [2.24, 2.45) is 11.8 Å². The standard InChI is InChI=1S/C17H20ClNO4S/c18-11-2-4-15(13(7-11)16(20)21)24-12-3-1-9-8-19-14(17(22)23)6-10(9)5-12/h2,4,7,9-10,12,14,19H,1,3,5-6,8H2,(H,20,21)(H,22,23). The predicted octanol–water partition coefficient (Wildman–Crippen LogP) is 3.36. The molecule has 0 radical (unpaired) electrons. The quantitative estimate of drug-likeness (QED) is 0.754. The Morgan fingerprint density at radius 2 is 1.96 bits per heavy atom. The molecule has 130 valence electrons. The second-order valence-corrected chi connectivity index (χ2v) is 8.33. The van der Waals surface area contributed by atoms with Gasteiger partial charge in [-0.3, -0.25) is 4.79 Å². The summed E-state index contributed by atoms with van der Waals surface area (Å²) in [6.07, 6.45) is 3.66. The first-order valence-corrected chi connectivity index (χ1v) is 9.35. The van der Waals surface area contributed by atoms with Crippen molar-refractivity contribution in [1.82, 2.24) is 5.32 Å². The van der Waals surface area contributed by atoms with Gasteiger partial charge in [-0.25, -0.2) is 4.79 Å². The molecule has 0 spiro atoms. The highest BCUT2D eigenvalue weighted by Gasteiger charge is 2.38. The third-order valence-corrected chi connectivity index (χ3v) is 6.63. The Labute approximate surface area is 149 Å². The van der Waals surface area contributed by atoms with Crippen LogP contribution in [0.15, 0.2) is 23.1 Å². The number of carboxylic acid groups (broad SMARTS) is 2. The smallest absolute Gasteiger partial charge is 0.336 e. The monoisotopic (exact) mass is 369 g/mol. The summed E-state index contributed by atoms with van der Waals surface area (Å²) >= 11 is 7.49. The van der Waals surface area contributed by atoms with Gasteiger partial charge in [-0.15, -0.1) is 11.8 Å². The van der Waals surface area contributed by atoms with Crippen molar-refractivity contribution in [3.63, 3.8) is 0 Å². The summed E-state index contributed by atoms with van der Waals surface area (Å²) in [6, 6.07) is 4.51. The molecular weight excluding hydrogens is 350 g/mol. The van der Waals surface area contributed by atoms with Crippen molar-refractivity contribution in [3.8, 4) is 0 Å². The molecule has 4 unspecified atom stereocenters. The molecule has 1 saturated heterocycles. The third kappa shape index (κ3) is 3.87. The number of hydrogen-bond donors (Lipinski definition) is 3. The van der Waals surface area contributed by atoms with E-state index in [0.29, 0.717) is 28.5 Å². The maximum Gasteiger partial charge on any atom is 0.336 e. The normalized spacial score (nSPS) is 29.7. The van der Waals surface area contributed by atoms with E-state index in [4.69, 9.17) is 11.6 Å². The van der Waals surface area contributed by atoms with Gasteiger partial charge in [-0.1, -0.05) is 11.6 Å². The lowest BCUT2D eigenvalue weighted by molar-refractivity contribution is -0.141. The molecule has 3 N–H and O–H groups in total. The van der Waals surface area contributed by atoms with Gasteiger partial charge in [0.25, 0.3) is 0 Å². The molecule has 1 aromatic carbocycles. The zero-order valence-electron chi connectivity index (χ0n) is 13.1. The molecule has 1 saturated carbocycles. The van der Waals surface area contributed by atoms with Crippen LogP contribution in [0.3, 0.4) is 0 Å². The predicted molar refractivity (Wildman–Crippen MR) is 92.9 cm³/mol. The van der Waals surface area contributed by atoms with Crippen LogP contribution in [0.5, 0.6) is 0 Å². The van der Waals surface area contributed by atoms with Crippen molar-refractivity contribution in [2.75, 3.05) is 6.54 Å². The minimum absolute atomic E-state index is 0.239. The largest absolute Gasteiger partial charge is 0.480 e. The topological polar surface area (TPSA) is 86.6 Å². The van der Waals surface area contributed by atoms with Gasteiger partial charge in [0.2, 0.25) is 0 Å². The number of rotatable bonds is 4. The van der Waals surface area contributed by atoms with Crippen LogP contribution in [0.4, 0.5) is 0 Å². The Balaban J connectivity index is 1.69. The zero-order valence-corrected chi connectivity index (χ0v) is 14.6. The number of aromatic carboxylic acids is 1. The van der Waals surface area contributed by atoms with Gasteiger partial charge >= 0.3 is 11.9 Å². The van der Waals surface area contributed by atoms with Crippen molar-refractivity contribution in [2.45, 2.75) is 41.9 Å². The highest BCUT2D eigenvalue weighted by atomic mass is 35.5. The summed E-state index contributed by atoms with van der Waals surface area (Å²) in [5.74, 6) is -0.837. The minimum Gasteiger partial charge on any atom is -0.480 e. The van der Waals surface area contributed by atoms with E-state index >= 15 is 0 Å². The minimum atomic E-state index is -0.971. The summed E-state index contributed by atoms with van der Waals surface area (Å²) in [7, 11) is 0. The Kier molecular flexibility index (Phi) is 5.37. The maximum atomic E-state index is 11.4. The van der Waals surface area contributed by atoms with Crippen LogP contribution in [0.1, 0.15) is 36.0 Å². The summed E-state index contributed by atoms with van der Waals surface area (Å²) in [5.41, 5.74) is 0.239. The number of halogens is 1. The van der Waals surface area contributed by atoms with Crippen molar-refractivity contribution in [3.05, 3.63) is 28.8 Å². The Morgan fingerprint density at radius 1 is 1.17 bits per heavy atom. The fraction of sp³-hybridized carbons (Fsp3) is 0.529. The second kappa shape index (κ2) is 7.33. The number of fused-ring (bicyclic) bond motifs is 1. The van der Waals surface area contributed by atoms with Crippen LogP contribution >= 0.6 is 23.4 Å². The summed E-state index contributed by atoms with van der Waals surface area (Å²) < 4.78 is 0. The van der Waals surface area contributed by atoms with E-state index < -0.39 is 18.0 Å². The number of benzene rings is 1. The first-order chi connectivity index (χ1) is 11.4. The van der Waals surface area contributed by atoms with Gasteiger partial charge in [0.15, 0.2) is 0 Å². The van der Waals surface area contributed by atoms with E-state index in [1.54, 1.807) is 23.9 Å². The van der Waals surface area contributed by atoms with E-state index in [0.717, 1.165) is 30.7 Å². The van der Waals surface area contributed by atoms with Gasteiger partial charge in [0.1, 0.15) is 6.04 Å². The average molecular weight is 370 g/mol. The maximum absolute atomic E-state index is 11.4. The molecule has 1 aliphatic heterocycles. The number of hydrogen-bond acceptors (Lipinski definition) is 4. The van der Waals surface area contributed by atoms with E-state index in [9.17, 15) is 19.8 Å². The third-order valence-electron chi connectivity index (χ3n) is 5.02. The molecule has 0 aromatic heterocycles. The van der Waals surface area contributed by atoms with Crippen LogP contribution in [0, 0.1) is 11.8 Å². The molecule has 2 aliphatic rings. The number of piperidine rings is 1. The van der Waals surface area contributed by atoms with E-state index in [2.05, 4.69) is 5.32 Å². The molecule has 1 aromatic rings. The molecule has 1 aliphatic carbocycles. The van der Waals surface area contributed by atoms with Crippen LogP contribution < -0.4 is 5.32 Å². The van der Waals surface area contributed by atoms with Gasteiger partial charge in [0.05, 0.1) is 5.56 Å². The molecule has 1 heterocycles. The SMILES string of the molecule is O=C(O)c1cc(Cl)ccc1SC1CCC2CNC(C(=O)O)CC2C1. The molecule has 0 amide bonds. The van der Waals surface area contributed by atoms with Crippen LogP contribution in [-0.2, 0) is 4.79 Å². The first kappa shape index (κ1) is 17.6. The molecule has 5 nitrogen and oxygen atoms in total. The van der Waals surface area contributed by atoms with Gasteiger partial charge in [0, 0.05) is 15.2 Å². The zero-order chi connectivity index (χ0) is 17.3. The highest BCUT2D eigenvalue weighted by Crippen LogP contribution is 2.43. The van der Waals surface area contributed by atoms with Crippen LogP contribution in [-0.4, -0.2) is 40.0 Å². The number of carbonyl (C=O) groups is 2. The number of carboxylic acids is 2. The fourth-order valence-corrected chi connectivity index (χ4v) is 5.32. The van der Waals surface area contributed by atoms with Gasteiger partial charge in [-0.05, 0) is 62.3 Å². The van der Waals surface area contributed by atoms with E-state index in [1.165, 1.54) is 6.07 Å². The van der Waals surface area contributed by atoms with Gasteiger partial charge < -0.3 is 15.5 Å². The molecule has 0 bridgehead atoms. The van der Waals surface area contributed by atoms with Crippen LogP contribution in [0.2, 0.25) is 5.02 Å². The fourth-order valence-electron chi connectivity index (χ4n) is 3.77. The van der Waals surface area contributed by atoms with E-state index in [-0.39, 0.29) is 5.56 Å². The molecule has 4 atom stereocenters. The lowest BCUT2D eigenvalue weighted by Gasteiger charge is -2.41. The summed E-state index contributed by atoms with van der Waals surface area (Å²) in [4.78, 5) is 23.4. The van der Waals surface area contributed by atoms with Crippen LogP contribution in [0.25, 0.3) is 0 Å². The Bertz CT molecular complexity index is 653. The Hall–Kier alpha value is -1.24. The van der Waals surface area contributed by atoms with E-state index in [1.807, 2.05) is 0 Å². The van der Waals surface area contributed by atoms with Gasteiger partial charge in [-0.2, -0.15) is 0 Å². The number of aliphatic carboxylic acids is 1. The molecule has 24 heavy (non-hydrogen) atoms. The first-order valence-electron chi connectivity index (χ1n) is 8.09. The average Bonchev–Trinajstić information content (AvgIpc) is 2.55. The molecule has 3 rings (SSSR count). The number of nitrogens with one attached hydrogen (secondary N) is 1. The lowest BCUT2D eigenvalue weighted by Crippen LogP contribution is -2.49. The second-order valence-electron chi connectivity index (χ2n) is 6.55. The highest BCUT2D eigenvalue weighted by molar-refractivity contribution is 8.00. The number of thioether (sulfide) groups is 1. The lowest BCUT2D eigenvalue weighted by atomic mass is 9.73. The van der Waals surface area contributed by atoms with Crippen molar-refractivity contribution in [1.29, 1.82) is 0 Å². The molecular formula is C17H20ClNO4S. The molecule has 7 heteroatoms. The van der Waals surface area contributed by atoms with Crippen molar-refractivity contribution < 1.29 is 19.8 Å². The Morgan fingerprint density at radius 3 is 2.67 bits per heavy atom. The van der Waals surface area contributed by atoms with Crippen molar-refractivity contribution >= 4 is 35.3 Å². The summed E-state index contributed by atoms with van der Waals surface area (Å²) in [5, 5.41) is 22.4. The molecule has 2 fully saturated rings. The summed E-state index contributed by atoms with van der Waals surface area (Å²) in [6.45, 7) is 0.764.